The molecular weight excluding hydrogens is 462 g/mol. The normalized spacial score (nSPS) is 11.7. The summed E-state index contributed by atoms with van der Waals surface area (Å²) in [6, 6.07) is 13.3. The maximum Gasteiger partial charge on any atom is 0.311 e. The third-order valence-electron chi connectivity index (χ3n) is 5.06. The van der Waals surface area contributed by atoms with Crippen molar-refractivity contribution < 1.29 is 19.5 Å². The number of nitrogens with zero attached hydrogens (tertiary/aromatic N) is 1. The molecule has 8 heteroatoms. The highest BCUT2D eigenvalue weighted by molar-refractivity contribution is 9.10. The zero-order valence-corrected chi connectivity index (χ0v) is 18.9. The number of halogens is 1. The lowest BCUT2D eigenvalue weighted by atomic mass is 9.88. The van der Waals surface area contributed by atoms with E-state index in [1.807, 2.05) is 43.3 Å². The maximum absolute atomic E-state index is 12.7. The molecule has 1 amide bonds. The zero-order valence-electron chi connectivity index (χ0n) is 17.3. The van der Waals surface area contributed by atoms with Crippen molar-refractivity contribution in [1.82, 2.24) is 10.5 Å². The Kier molecular flexibility index (Phi) is 7.59. The summed E-state index contributed by atoms with van der Waals surface area (Å²) >= 11 is 3.47. The first-order valence-electron chi connectivity index (χ1n) is 9.96. The van der Waals surface area contributed by atoms with Gasteiger partial charge in [0.25, 0.3) is 0 Å². The Hall–Kier alpha value is -2.97. The summed E-state index contributed by atoms with van der Waals surface area (Å²) in [5.74, 6) is -2.01. The van der Waals surface area contributed by atoms with Crippen molar-refractivity contribution in [3.05, 3.63) is 58.7 Å². The number of benzene rings is 2. The first-order valence-corrected chi connectivity index (χ1v) is 10.7. The van der Waals surface area contributed by atoms with Crippen molar-refractivity contribution in [1.29, 1.82) is 0 Å². The highest BCUT2D eigenvalue weighted by atomic mass is 79.9. The van der Waals surface area contributed by atoms with Crippen molar-refractivity contribution in [2.24, 2.45) is 0 Å². The number of methoxy groups -OCH3 is 1. The van der Waals surface area contributed by atoms with Crippen LogP contribution in [0.4, 0.5) is 11.4 Å². The number of carbonyl (C=O) groups excluding carboxylic acids is 2. The molecule has 1 unspecified atom stereocenters. The molecule has 31 heavy (non-hydrogen) atoms. The number of fused-ring (bicyclic) bond motifs is 1. The summed E-state index contributed by atoms with van der Waals surface area (Å²) < 4.78 is 6.55. The van der Waals surface area contributed by atoms with Crippen LogP contribution in [0.15, 0.2) is 53.1 Å². The van der Waals surface area contributed by atoms with Gasteiger partial charge in [0.1, 0.15) is 5.75 Å². The highest BCUT2D eigenvalue weighted by Crippen LogP contribution is 2.37. The second-order valence-electron chi connectivity index (χ2n) is 7.11. The monoisotopic (exact) mass is 485 g/mol. The SMILES string of the molecule is CCCCC(C(=O)C(=O)NO)c1cc2nccc(Nc3cccc(Br)c3)c2cc1OC. The van der Waals surface area contributed by atoms with Crippen LogP contribution in [0.25, 0.3) is 10.9 Å². The molecule has 3 N–H and O–H groups in total. The van der Waals surface area contributed by atoms with Gasteiger partial charge in [0.2, 0.25) is 5.78 Å². The number of nitrogens with one attached hydrogen (secondary N) is 2. The minimum Gasteiger partial charge on any atom is -0.496 e. The van der Waals surface area contributed by atoms with Gasteiger partial charge in [0.15, 0.2) is 0 Å². The fourth-order valence-corrected chi connectivity index (χ4v) is 3.92. The van der Waals surface area contributed by atoms with Crippen LogP contribution in [-0.4, -0.2) is 29.0 Å². The number of hydrogen-bond acceptors (Lipinski definition) is 6. The number of hydrogen-bond donors (Lipinski definition) is 3. The zero-order chi connectivity index (χ0) is 22.4. The molecule has 0 radical (unpaired) electrons. The number of pyridine rings is 1. The largest absolute Gasteiger partial charge is 0.496 e. The molecule has 1 atom stereocenters. The Balaban J connectivity index is 2.08. The number of ether oxygens (including phenoxy) is 1. The number of carbonyl (C=O) groups is 2. The summed E-state index contributed by atoms with van der Waals surface area (Å²) in [6.07, 6.45) is 3.75. The van der Waals surface area contributed by atoms with E-state index in [0.717, 1.165) is 34.1 Å². The molecule has 3 aromatic rings. The van der Waals surface area contributed by atoms with E-state index in [9.17, 15) is 9.59 Å². The van der Waals surface area contributed by atoms with E-state index in [2.05, 4.69) is 26.2 Å². The smallest absolute Gasteiger partial charge is 0.311 e. The minimum atomic E-state index is -1.04. The molecule has 162 valence electrons. The van der Waals surface area contributed by atoms with Crippen molar-refractivity contribution in [3.63, 3.8) is 0 Å². The third kappa shape index (κ3) is 5.21. The number of amides is 1. The standard InChI is InChI=1S/C23H24BrN3O4/c1-3-4-8-16(22(28)23(29)27-30)17-12-20-18(13-21(17)31-2)19(9-10-25-20)26-15-7-5-6-14(24)11-15/h5-7,9-13,16,30H,3-4,8H2,1-2H3,(H,25,26)(H,27,29). The van der Waals surface area contributed by atoms with Gasteiger partial charge in [-0.3, -0.25) is 19.8 Å². The molecule has 0 fully saturated rings. The average Bonchev–Trinajstić information content (AvgIpc) is 2.78. The second kappa shape index (κ2) is 10.4. The van der Waals surface area contributed by atoms with E-state index in [4.69, 9.17) is 9.94 Å². The first-order chi connectivity index (χ1) is 15.0. The van der Waals surface area contributed by atoms with E-state index in [-0.39, 0.29) is 0 Å². The molecule has 1 heterocycles. The van der Waals surface area contributed by atoms with Gasteiger partial charge in [-0.25, -0.2) is 5.48 Å². The molecule has 0 aliphatic heterocycles. The molecule has 1 aromatic heterocycles. The van der Waals surface area contributed by atoms with Crippen LogP contribution in [0.1, 0.15) is 37.7 Å². The second-order valence-corrected chi connectivity index (χ2v) is 8.02. The van der Waals surface area contributed by atoms with Gasteiger partial charge in [-0.1, -0.05) is 41.8 Å². The van der Waals surface area contributed by atoms with Gasteiger partial charge in [-0.2, -0.15) is 0 Å². The molecule has 0 bridgehead atoms. The Bertz CT molecular complexity index is 1100. The lowest BCUT2D eigenvalue weighted by Gasteiger charge is -2.19. The highest BCUT2D eigenvalue weighted by Gasteiger charge is 2.29. The van der Waals surface area contributed by atoms with Gasteiger partial charge in [-0.15, -0.1) is 0 Å². The Morgan fingerprint density at radius 1 is 1.23 bits per heavy atom. The number of aromatic nitrogens is 1. The molecule has 7 nitrogen and oxygen atoms in total. The van der Waals surface area contributed by atoms with E-state index in [1.165, 1.54) is 12.6 Å². The molecule has 0 spiro atoms. The molecule has 2 aromatic carbocycles. The van der Waals surface area contributed by atoms with Gasteiger partial charge < -0.3 is 10.1 Å². The van der Waals surface area contributed by atoms with Gasteiger partial charge in [-0.05, 0) is 42.8 Å². The Labute approximate surface area is 188 Å². The lowest BCUT2D eigenvalue weighted by Crippen LogP contribution is -2.32. The average molecular weight is 486 g/mol. The van der Waals surface area contributed by atoms with Gasteiger partial charge in [0, 0.05) is 33.0 Å². The van der Waals surface area contributed by atoms with Crippen LogP contribution in [0, 0.1) is 0 Å². The predicted octanol–water partition coefficient (Wildman–Crippen LogP) is 5.10. The third-order valence-corrected chi connectivity index (χ3v) is 5.55. The molecule has 0 aliphatic rings. The summed E-state index contributed by atoms with van der Waals surface area (Å²) in [5.41, 5.74) is 4.42. The molecule has 0 saturated heterocycles. The van der Waals surface area contributed by atoms with Crippen molar-refractivity contribution in [3.8, 4) is 5.75 Å². The van der Waals surface area contributed by atoms with Crippen molar-refractivity contribution >= 4 is 49.9 Å². The number of Topliss-reactive ketones (excluding diaryl/α,β-unsaturated/α-hetero) is 1. The first kappa shape index (κ1) is 22.7. The van der Waals surface area contributed by atoms with E-state index >= 15 is 0 Å². The topological polar surface area (TPSA) is 101 Å². The predicted molar refractivity (Wildman–Crippen MR) is 123 cm³/mol. The van der Waals surface area contributed by atoms with E-state index < -0.39 is 17.6 Å². The number of rotatable bonds is 9. The molecular formula is C23H24BrN3O4. The lowest BCUT2D eigenvalue weighted by molar-refractivity contribution is -0.144. The maximum atomic E-state index is 12.7. The summed E-state index contributed by atoms with van der Waals surface area (Å²) in [4.78, 5) is 29.0. The summed E-state index contributed by atoms with van der Waals surface area (Å²) in [7, 11) is 1.52. The van der Waals surface area contributed by atoms with Crippen molar-refractivity contribution in [2.45, 2.75) is 32.1 Å². The number of ketones is 1. The minimum absolute atomic E-state index is 0.459. The van der Waals surface area contributed by atoms with Crippen LogP contribution in [0.3, 0.4) is 0 Å². The van der Waals surface area contributed by atoms with E-state index in [1.54, 1.807) is 12.3 Å². The fraction of sp³-hybridized carbons (Fsp3) is 0.261. The van der Waals surface area contributed by atoms with Crippen LogP contribution >= 0.6 is 15.9 Å². The van der Waals surface area contributed by atoms with Gasteiger partial charge in [0.05, 0.1) is 18.5 Å². The molecule has 0 aliphatic carbocycles. The van der Waals surface area contributed by atoms with Crippen LogP contribution in [-0.2, 0) is 9.59 Å². The quantitative estimate of drug-likeness (QED) is 0.221. The number of unbranched alkanes of at least 4 members (excludes halogenated alkanes) is 1. The Morgan fingerprint density at radius 2 is 2.03 bits per heavy atom. The van der Waals surface area contributed by atoms with E-state index in [0.29, 0.717) is 23.3 Å². The van der Waals surface area contributed by atoms with Gasteiger partial charge >= 0.3 is 5.91 Å². The summed E-state index contributed by atoms with van der Waals surface area (Å²) in [6.45, 7) is 2.01. The Morgan fingerprint density at radius 3 is 2.71 bits per heavy atom. The van der Waals surface area contributed by atoms with Crippen LogP contribution in [0.5, 0.6) is 5.75 Å². The fourth-order valence-electron chi connectivity index (χ4n) is 3.52. The van der Waals surface area contributed by atoms with Crippen LogP contribution in [0.2, 0.25) is 0 Å². The molecule has 0 saturated carbocycles. The molecule has 3 rings (SSSR count). The van der Waals surface area contributed by atoms with Crippen LogP contribution < -0.4 is 15.5 Å². The van der Waals surface area contributed by atoms with Crippen molar-refractivity contribution in [2.75, 3.05) is 12.4 Å². The number of anilines is 2. The number of hydroxylamine groups is 1. The summed E-state index contributed by atoms with van der Waals surface area (Å²) in [5, 5.41) is 13.1.